The molecule has 0 saturated carbocycles. The van der Waals surface area contributed by atoms with Crippen LogP contribution in [-0.2, 0) is 6.54 Å². The number of ether oxygens (including phenoxy) is 2. The second kappa shape index (κ2) is 6.82. The fraction of sp³-hybridized carbons (Fsp3) is 0.267. The van der Waals surface area contributed by atoms with Crippen molar-refractivity contribution in [2.24, 2.45) is 0 Å². The molecular weight excluding hydrogens is 302 g/mol. The Bertz CT molecular complexity index is 739. The predicted molar refractivity (Wildman–Crippen MR) is 82.4 cm³/mol. The molecular formula is C15H17N3O5. The van der Waals surface area contributed by atoms with Gasteiger partial charge in [0.05, 0.1) is 37.2 Å². The zero-order valence-corrected chi connectivity index (χ0v) is 13.0. The minimum absolute atomic E-state index is 0.0257. The lowest BCUT2D eigenvalue weighted by Crippen LogP contribution is -2.13. The van der Waals surface area contributed by atoms with Gasteiger partial charge >= 0.3 is 5.97 Å². The number of carboxylic acids is 1. The van der Waals surface area contributed by atoms with Gasteiger partial charge in [-0.05, 0) is 19.1 Å². The van der Waals surface area contributed by atoms with Crippen LogP contribution in [0, 0.1) is 0 Å². The van der Waals surface area contributed by atoms with E-state index >= 15 is 0 Å². The molecule has 0 aliphatic carbocycles. The summed E-state index contributed by atoms with van der Waals surface area (Å²) in [5.41, 5.74) is 0.536. The minimum atomic E-state index is -1.14. The second-order valence-electron chi connectivity index (χ2n) is 4.60. The molecule has 0 radical (unpaired) electrons. The first-order valence-electron chi connectivity index (χ1n) is 6.83. The van der Waals surface area contributed by atoms with Crippen LogP contribution in [0.15, 0.2) is 24.5 Å². The quantitative estimate of drug-likeness (QED) is 0.842. The van der Waals surface area contributed by atoms with Crippen molar-refractivity contribution in [2.75, 3.05) is 19.5 Å². The van der Waals surface area contributed by atoms with E-state index in [9.17, 15) is 9.59 Å². The van der Waals surface area contributed by atoms with Gasteiger partial charge in [0, 0.05) is 12.7 Å². The van der Waals surface area contributed by atoms with E-state index in [1.807, 2.05) is 6.92 Å². The zero-order chi connectivity index (χ0) is 17.0. The van der Waals surface area contributed by atoms with Crippen molar-refractivity contribution < 1.29 is 24.2 Å². The highest BCUT2D eigenvalue weighted by Gasteiger charge is 2.18. The summed E-state index contributed by atoms with van der Waals surface area (Å²) in [5, 5.41) is 15.8. The van der Waals surface area contributed by atoms with Gasteiger partial charge in [0.1, 0.15) is 0 Å². The molecule has 8 nitrogen and oxygen atoms in total. The lowest BCUT2D eigenvalue weighted by Gasteiger charge is -2.14. The molecule has 0 atom stereocenters. The van der Waals surface area contributed by atoms with Gasteiger partial charge in [-0.2, -0.15) is 5.10 Å². The number of methoxy groups -OCH3 is 2. The Morgan fingerprint density at radius 2 is 2.00 bits per heavy atom. The SMILES string of the molecule is CCn1cc(C(=O)Nc2cc(C(=O)O)cc(OC)c2OC)cn1. The number of hydrogen-bond acceptors (Lipinski definition) is 5. The van der Waals surface area contributed by atoms with E-state index in [-0.39, 0.29) is 22.7 Å². The van der Waals surface area contributed by atoms with Crippen LogP contribution in [0.3, 0.4) is 0 Å². The first-order valence-corrected chi connectivity index (χ1v) is 6.83. The topological polar surface area (TPSA) is 103 Å². The summed E-state index contributed by atoms with van der Waals surface area (Å²) in [7, 11) is 2.80. The maximum Gasteiger partial charge on any atom is 0.335 e. The summed E-state index contributed by atoms with van der Waals surface area (Å²) < 4.78 is 11.9. The van der Waals surface area contributed by atoms with Crippen molar-refractivity contribution in [3.63, 3.8) is 0 Å². The lowest BCUT2D eigenvalue weighted by molar-refractivity contribution is 0.0696. The maximum absolute atomic E-state index is 12.3. The first-order chi connectivity index (χ1) is 11.0. The number of aryl methyl sites for hydroxylation is 1. The normalized spacial score (nSPS) is 10.2. The number of carbonyl (C=O) groups is 2. The Balaban J connectivity index is 2.38. The van der Waals surface area contributed by atoms with Crippen LogP contribution in [-0.4, -0.2) is 41.0 Å². The molecule has 0 saturated heterocycles. The fourth-order valence-electron chi connectivity index (χ4n) is 2.03. The van der Waals surface area contributed by atoms with Crippen LogP contribution in [0.1, 0.15) is 27.6 Å². The number of carboxylic acid groups (broad SMARTS) is 1. The minimum Gasteiger partial charge on any atom is -0.493 e. The molecule has 0 unspecified atom stereocenters. The van der Waals surface area contributed by atoms with E-state index in [1.165, 1.54) is 32.5 Å². The number of anilines is 1. The van der Waals surface area contributed by atoms with E-state index in [2.05, 4.69) is 10.4 Å². The summed E-state index contributed by atoms with van der Waals surface area (Å²) in [6.45, 7) is 2.54. The number of aromatic nitrogens is 2. The zero-order valence-electron chi connectivity index (χ0n) is 13.0. The van der Waals surface area contributed by atoms with Crippen LogP contribution < -0.4 is 14.8 Å². The third-order valence-electron chi connectivity index (χ3n) is 3.19. The average molecular weight is 319 g/mol. The number of carbonyl (C=O) groups excluding carboxylic acids is 1. The van der Waals surface area contributed by atoms with Crippen LogP contribution in [0.25, 0.3) is 0 Å². The van der Waals surface area contributed by atoms with Crippen molar-refractivity contribution in [3.8, 4) is 11.5 Å². The molecule has 0 spiro atoms. The monoisotopic (exact) mass is 319 g/mol. The van der Waals surface area contributed by atoms with Gasteiger partial charge in [-0.3, -0.25) is 9.48 Å². The van der Waals surface area contributed by atoms with Gasteiger partial charge in [-0.25, -0.2) is 4.79 Å². The number of nitrogens with one attached hydrogen (secondary N) is 1. The Kier molecular flexibility index (Phi) is 4.85. The van der Waals surface area contributed by atoms with Crippen LogP contribution >= 0.6 is 0 Å². The van der Waals surface area contributed by atoms with Crippen molar-refractivity contribution in [3.05, 3.63) is 35.7 Å². The van der Waals surface area contributed by atoms with Crippen molar-refractivity contribution in [2.45, 2.75) is 13.5 Å². The summed E-state index contributed by atoms with van der Waals surface area (Å²) in [6, 6.07) is 2.64. The molecule has 0 bridgehead atoms. The van der Waals surface area contributed by atoms with Gasteiger partial charge in [0.25, 0.3) is 5.91 Å². The molecule has 8 heteroatoms. The Morgan fingerprint density at radius 1 is 1.26 bits per heavy atom. The van der Waals surface area contributed by atoms with Gasteiger partial charge in [-0.15, -0.1) is 0 Å². The molecule has 0 aliphatic heterocycles. The molecule has 1 aromatic heterocycles. The van der Waals surface area contributed by atoms with Gasteiger partial charge < -0.3 is 19.9 Å². The molecule has 1 aromatic carbocycles. The third-order valence-corrected chi connectivity index (χ3v) is 3.19. The molecule has 1 amide bonds. The number of nitrogens with zero attached hydrogens (tertiary/aromatic N) is 2. The maximum atomic E-state index is 12.3. The average Bonchev–Trinajstić information content (AvgIpc) is 3.03. The number of rotatable bonds is 6. The molecule has 0 aliphatic rings. The van der Waals surface area contributed by atoms with Gasteiger partial charge in [-0.1, -0.05) is 0 Å². The van der Waals surface area contributed by atoms with Crippen molar-refractivity contribution >= 4 is 17.6 Å². The highest BCUT2D eigenvalue weighted by molar-refractivity contribution is 6.05. The van der Waals surface area contributed by atoms with Gasteiger partial charge in [0.2, 0.25) is 0 Å². The number of hydrogen-bond donors (Lipinski definition) is 2. The van der Waals surface area contributed by atoms with Crippen molar-refractivity contribution in [1.29, 1.82) is 0 Å². The molecule has 23 heavy (non-hydrogen) atoms. The third kappa shape index (κ3) is 3.42. The number of aromatic carboxylic acids is 1. The van der Waals surface area contributed by atoms with Crippen molar-refractivity contribution in [1.82, 2.24) is 9.78 Å². The first kappa shape index (κ1) is 16.3. The van der Waals surface area contributed by atoms with Gasteiger partial charge in [0.15, 0.2) is 11.5 Å². The van der Waals surface area contributed by atoms with E-state index < -0.39 is 11.9 Å². The molecule has 2 aromatic rings. The molecule has 1 heterocycles. The fourth-order valence-corrected chi connectivity index (χ4v) is 2.03. The summed E-state index contributed by atoms with van der Waals surface area (Å²) in [5.74, 6) is -1.10. The van der Waals surface area contributed by atoms with E-state index in [0.29, 0.717) is 12.1 Å². The number of amides is 1. The van der Waals surface area contributed by atoms with E-state index in [1.54, 1.807) is 10.9 Å². The Labute approximate surface area is 132 Å². The smallest absolute Gasteiger partial charge is 0.335 e. The molecule has 122 valence electrons. The van der Waals surface area contributed by atoms with E-state index in [4.69, 9.17) is 14.6 Å². The largest absolute Gasteiger partial charge is 0.493 e. The van der Waals surface area contributed by atoms with Crippen LogP contribution in [0.5, 0.6) is 11.5 Å². The van der Waals surface area contributed by atoms with E-state index in [0.717, 1.165) is 0 Å². The summed E-state index contributed by atoms with van der Waals surface area (Å²) in [6.07, 6.45) is 3.03. The highest BCUT2D eigenvalue weighted by Crippen LogP contribution is 2.36. The lowest BCUT2D eigenvalue weighted by atomic mass is 10.1. The highest BCUT2D eigenvalue weighted by atomic mass is 16.5. The predicted octanol–water partition coefficient (Wildman–Crippen LogP) is 1.87. The summed E-state index contributed by atoms with van der Waals surface area (Å²) >= 11 is 0. The Hall–Kier alpha value is -3.03. The summed E-state index contributed by atoms with van der Waals surface area (Å²) in [4.78, 5) is 23.5. The second-order valence-corrected chi connectivity index (χ2v) is 4.60. The number of benzene rings is 1. The van der Waals surface area contributed by atoms with Crippen LogP contribution in [0.4, 0.5) is 5.69 Å². The standard InChI is InChI=1S/C15H17N3O5/c1-4-18-8-10(7-16-18)14(19)17-11-5-9(15(20)21)6-12(22-2)13(11)23-3/h5-8H,4H2,1-3H3,(H,17,19)(H,20,21). The molecule has 0 fully saturated rings. The van der Waals surface area contributed by atoms with Crippen LogP contribution in [0.2, 0.25) is 0 Å². The Morgan fingerprint density at radius 3 is 2.52 bits per heavy atom. The molecule has 2 rings (SSSR count). The molecule has 2 N–H and O–H groups in total.